The first-order valence-corrected chi connectivity index (χ1v) is 8.35. The second kappa shape index (κ2) is 7.25. The Morgan fingerprint density at radius 3 is 2.43 bits per heavy atom. The maximum absolute atomic E-state index is 13.0. The van der Waals surface area contributed by atoms with Crippen molar-refractivity contribution in [2.24, 2.45) is 0 Å². The van der Waals surface area contributed by atoms with Crippen LogP contribution in [-0.4, -0.2) is 23.3 Å². The van der Waals surface area contributed by atoms with Crippen LogP contribution >= 0.6 is 0 Å². The summed E-state index contributed by atoms with van der Waals surface area (Å²) in [5, 5.41) is 9.28. The fourth-order valence-corrected chi connectivity index (χ4v) is 2.94. The van der Waals surface area contributed by atoms with Gasteiger partial charge in [-0.1, -0.05) is 30.3 Å². The predicted molar refractivity (Wildman–Crippen MR) is 104 cm³/mol. The number of nitriles is 1. The number of nitrogens with zero attached hydrogens (tertiary/aromatic N) is 1. The van der Waals surface area contributed by atoms with Gasteiger partial charge in [-0.25, -0.2) is 4.79 Å². The zero-order valence-corrected chi connectivity index (χ0v) is 14.9. The molecule has 0 aliphatic rings. The molecule has 0 atom stereocenters. The number of rotatable bonds is 4. The molecule has 0 saturated carbocycles. The van der Waals surface area contributed by atoms with Crippen LogP contribution in [0.4, 0.5) is 11.4 Å². The van der Waals surface area contributed by atoms with Gasteiger partial charge in [0.1, 0.15) is 11.6 Å². The van der Waals surface area contributed by atoms with Crippen LogP contribution in [-0.2, 0) is 4.74 Å². The Balaban J connectivity index is 2.42. The monoisotopic (exact) mass is 376 g/mol. The summed E-state index contributed by atoms with van der Waals surface area (Å²) in [5.41, 5.74) is 11.1. The van der Waals surface area contributed by atoms with Crippen molar-refractivity contribution >= 4 is 34.0 Å². The van der Waals surface area contributed by atoms with Gasteiger partial charge in [-0.3, -0.25) is 9.59 Å². The van der Waals surface area contributed by atoms with Crippen molar-refractivity contribution in [1.29, 1.82) is 5.26 Å². The Morgan fingerprint density at radius 1 is 1.14 bits per heavy atom. The summed E-state index contributed by atoms with van der Waals surface area (Å²) in [6.07, 6.45) is 0. The minimum atomic E-state index is -0.764. The molecule has 0 radical (unpaired) electrons. The Bertz CT molecular complexity index is 1210. The molecule has 140 valence electrons. The highest BCUT2D eigenvalue weighted by Gasteiger charge is 2.24. The number of esters is 1. The minimum absolute atomic E-state index is 0.0158. The zero-order valence-electron chi connectivity index (χ0n) is 14.9. The number of ketones is 1. The van der Waals surface area contributed by atoms with Crippen LogP contribution < -0.4 is 17.0 Å². The highest BCUT2D eigenvalue weighted by atomic mass is 16.5. The topological polar surface area (TPSA) is 152 Å². The Morgan fingerprint density at radius 2 is 1.82 bits per heavy atom. The summed E-state index contributed by atoms with van der Waals surface area (Å²) in [6.45, 7) is 1.71. The summed E-state index contributed by atoms with van der Waals surface area (Å²) >= 11 is 0. The van der Waals surface area contributed by atoms with Crippen molar-refractivity contribution in [3.63, 3.8) is 0 Å². The molecule has 0 aliphatic heterocycles. The summed E-state index contributed by atoms with van der Waals surface area (Å²) in [5.74, 6) is -1.19. The van der Waals surface area contributed by atoms with E-state index in [2.05, 4.69) is 4.98 Å². The van der Waals surface area contributed by atoms with E-state index in [0.29, 0.717) is 5.56 Å². The number of nitrogen functional groups attached to an aromatic ring is 2. The van der Waals surface area contributed by atoms with Crippen LogP contribution in [0.2, 0.25) is 0 Å². The lowest BCUT2D eigenvalue weighted by molar-refractivity contribution is 0.0528. The van der Waals surface area contributed by atoms with Crippen LogP contribution in [0.1, 0.15) is 38.8 Å². The van der Waals surface area contributed by atoms with Gasteiger partial charge in [-0.15, -0.1) is 0 Å². The van der Waals surface area contributed by atoms with E-state index in [-0.39, 0.29) is 45.6 Å². The number of nitrogens with two attached hydrogens (primary N) is 2. The molecule has 8 nitrogen and oxygen atoms in total. The van der Waals surface area contributed by atoms with E-state index in [9.17, 15) is 19.6 Å². The lowest BCUT2D eigenvalue weighted by atomic mass is 9.94. The first-order chi connectivity index (χ1) is 13.4. The first-order valence-electron chi connectivity index (χ1n) is 8.35. The third kappa shape index (κ3) is 2.95. The molecule has 1 heterocycles. The molecule has 0 aliphatic carbocycles. The fourth-order valence-electron chi connectivity index (χ4n) is 2.94. The maximum atomic E-state index is 13.0. The van der Waals surface area contributed by atoms with E-state index in [1.165, 1.54) is 6.07 Å². The Labute approximate surface area is 159 Å². The summed E-state index contributed by atoms with van der Waals surface area (Å²) < 4.78 is 5.03. The molecular weight excluding hydrogens is 360 g/mol. The third-order valence-corrected chi connectivity index (χ3v) is 4.26. The molecular formula is C20H16N4O4. The van der Waals surface area contributed by atoms with Crippen LogP contribution in [0.25, 0.3) is 10.9 Å². The smallest absolute Gasteiger partial charge is 0.340 e. The molecule has 3 rings (SSSR count). The van der Waals surface area contributed by atoms with E-state index < -0.39 is 17.3 Å². The molecule has 0 amide bonds. The molecule has 0 saturated heterocycles. The van der Waals surface area contributed by atoms with E-state index in [1.807, 2.05) is 0 Å². The number of aromatic amines is 1. The number of ether oxygens (including phenoxy) is 1. The molecule has 0 fully saturated rings. The van der Waals surface area contributed by atoms with Crippen molar-refractivity contribution in [1.82, 2.24) is 4.98 Å². The lowest BCUT2D eigenvalue weighted by Crippen LogP contribution is -2.18. The summed E-state index contributed by atoms with van der Waals surface area (Å²) in [4.78, 5) is 40.0. The van der Waals surface area contributed by atoms with Gasteiger partial charge in [-0.05, 0) is 13.0 Å². The van der Waals surface area contributed by atoms with E-state index in [4.69, 9.17) is 16.2 Å². The van der Waals surface area contributed by atoms with Crippen LogP contribution in [0, 0.1) is 11.3 Å². The third-order valence-electron chi connectivity index (χ3n) is 4.26. The second-order valence-electron chi connectivity index (χ2n) is 5.91. The quantitative estimate of drug-likeness (QED) is 0.357. The Hall–Kier alpha value is -4.12. The van der Waals surface area contributed by atoms with Crippen molar-refractivity contribution in [2.75, 3.05) is 18.1 Å². The number of nitrogens with one attached hydrogen (secondary N) is 1. The standard InChI is InChI=1S/C20H16N4O4/c1-2-28-20(27)12-8-11(18(25)10-6-4-3-5-7-10)15(22)14-16(23)13(9-21)19(26)24-17(12)14/h3-8H,2,22H2,1H3,(H3,23,24,26). The minimum Gasteiger partial charge on any atom is -0.462 e. The van der Waals surface area contributed by atoms with Crippen LogP contribution in [0.15, 0.2) is 41.2 Å². The Kier molecular flexibility index (Phi) is 4.83. The number of benzene rings is 2. The van der Waals surface area contributed by atoms with Gasteiger partial charge in [0, 0.05) is 16.5 Å². The van der Waals surface area contributed by atoms with Gasteiger partial charge in [0.15, 0.2) is 5.78 Å². The average molecular weight is 376 g/mol. The van der Waals surface area contributed by atoms with Crippen LogP contribution in [0.5, 0.6) is 0 Å². The largest absolute Gasteiger partial charge is 0.462 e. The number of hydrogen-bond acceptors (Lipinski definition) is 7. The number of H-pyrrole nitrogens is 1. The molecule has 0 unspecified atom stereocenters. The molecule has 28 heavy (non-hydrogen) atoms. The number of fused-ring (bicyclic) bond motifs is 1. The highest BCUT2D eigenvalue weighted by molar-refractivity contribution is 6.21. The van der Waals surface area contributed by atoms with Gasteiger partial charge in [0.2, 0.25) is 0 Å². The number of hydrogen-bond donors (Lipinski definition) is 3. The van der Waals surface area contributed by atoms with Crippen molar-refractivity contribution in [3.8, 4) is 6.07 Å². The summed E-state index contributed by atoms with van der Waals surface area (Å²) in [6, 6.07) is 11.3. The average Bonchev–Trinajstić information content (AvgIpc) is 2.68. The van der Waals surface area contributed by atoms with Gasteiger partial charge >= 0.3 is 5.97 Å². The number of pyridine rings is 1. The van der Waals surface area contributed by atoms with Crippen LogP contribution in [0.3, 0.4) is 0 Å². The van der Waals surface area contributed by atoms with Crippen molar-refractivity contribution in [3.05, 3.63) is 69.0 Å². The maximum Gasteiger partial charge on any atom is 0.340 e. The number of aromatic nitrogens is 1. The number of carbonyl (C=O) groups excluding carboxylic acids is 2. The van der Waals surface area contributed by atoms with E-state index in [0.717, 1.165) is 0 Å². The normalized spacial score (nSPS) is 10.4. The molecule has 3 aromatic rings. The fraction of sp³-hybridized carbons (Fsp3) is 0.100. The van der Waals surface area contributed by atoms with Gasteiger partial charge in [-0.2, -0.15) is 5.26 Å². The molecule has 0 spiro atoms. The lowest BCUT2D eigenvalue weighted by Gasteiger charge is -2.15. The molecule has 1 aromatic heterocycles. The van der Waals surface area contributed by atoms with Crippen molar-refractivity contribution < 1.29 is 14.3 Å². The van der Waals surface area contributed by atoms with Gasteiger partial charge in [0.25, 0.3) is 5.56 Å². The zero-order chi connectivity index (χ0) is 20.4. The van der Waals surface area contributed by atoms with Crippen molar-refractivity contribution in [2.45, 2.75) is 6.92 Å². The molecule has 2 aromatic carbocycles. The van der Waals surface area contributed by atoms with Gasteiger partial charge in [0.05, 0.1) is 29.1 Å². The summed E-state index contributed by atoms with van der Waals surface area (Å²) in [7, 11) is 0. The van der Waals surface area contributed by atoms with E-state index >= 15 is 0 Å². The second-order valence-corrected chi connectivity index (χ2v) is 5.91. The number of anilines is 2. The molecule has 8 heteroatoms. The first kappa shape index (κ1) is 18.7. The molecule has 0 bridgehead atoms. The SMILES string of the molecule is CCOC(=O)c1cc(C(=O)c2ccccc2)c(N)c2c(N)c(C#N)c(=O)[nH]c12. The van der Waals surface area contributed by atoms with E-state index in [1.54, 1.807) is 43.3 Å². The molecule has 5 N–H and O–H groups in total. The number of carbonyl (C=O) groups is 2. The highest BCUT2D eigenvalue weighted by Crippen LogP contribution is 2.33. The predicted octanol–water partition coefficient (Wildman–Crippen LogP) is 1.97. The van der Waals surface area contributed by atoms with Gasteiger partial charge < -0.3 is 21.2 Å².